The van der Waals surface area contributed by atoms with Crippen molar-refractivity contribution >= 4 is 15.9 Å². The van der Waals surface area contributed by atoms with Gasteiger partial charge >= 0.3 is 0 Å². The van der Waals surface area contributed by atoms with Gasteiger partial charge in [0.25, 0.3) is 5.91 Å². The summed E-state index contributed by atoms with van der Waals surface area (Å²) in [6.07, 6.45) is 2.99. The van der Waals surface area contributed by atoms with Crippen LogP contribution in [0.15, 0.2) is 17.0 Å². The number of amides is 1. The molecule has 8 heteroatoms. The van der Waals surface area contributed by atoms with E-state index in [0.29, 0.717) is 18.5 Å². The van der Waals surface area contributed by atoms with Gasteiger partial charge in [-0.05, 0) is 24.5 Å². The third-order valence-electron chi connectivity index (χ3n) is 3.11. The molecule has 2 rings (SSSR count). The van der Waals surface area contributed by atoms with Gasteiger partial charge in [-0.15, -0.1) is 0 Å². The first kappa shape index (κ1) is 14.9. The van der Waals surface area contributed by atoms with Gasteiger partial charge in [-0.25, -0.2) is 22.3 Å². The minimum absolute atomic E-state index is 0.337. The smallest absolute Gasteiger partial charge is 0.254 e. The van der Waals surface area contributed by atoms with Gasteiger partial charge in [-0.3, -0.25) is 4.79 Å². The maximum absolute atomic E-state index is 13.5. The number of benzene rings is 1. The largest absolute Gasteiger partial charge is 0.352 e. The van der Waals surface area contributed by atoms with Crippen molar-refractivity contribution in [1.82, 2.24) is 5.32 Å². The van der Waals surface area contributed by atoms with Crippen LogP contribution in [0.25, 0.3) is 0 Å². The summed E-state index contributed by atoms with van der Waals surface area (Å²) in [6, 6.07) is 1.19. The van der Waals surface area contributed by atoms with Crippen LogP contribution in [-0.2, 0) is 10.0 Å². The van der Waals surface area contributed by atoms with E-state index in [0.717, 1.165) is 25.3 Å². The van der Waals surface area contributed by atoms with E-state index in [1.807, 2.05) is 0 Å². The van der Waals surface area contributed by atoms with Crippen molar-refractivity contribution < 1.29 is 22.0 Å². The van der Waals surface area contributed by atoms with Gasteiger partial charge in [0.15, 0.2) is 11.6 Å². The topological polar surface area (TPSA) is 89.3 Å². The number of carbonyl (C=O) groups excluding carboxylic acids is 1. The number of primary sulfonamides is 1. The summed E-state index contributed by atoms with van der Waals surface area (Å²) in [4.78, 5) is 11.1. The molecule has 0 bridgehead atoms. The molecule has 0 saturated heterocycles. The highest BCUT2D eigenvalue weighted by molar-refractivity contribution is 7.89. The summed E-state index contributed by atoms with van der Waals surface area (Å²) in [5.74, 6) is -3.09. The number of sulfonamides is 1. The number of rotatable bonds is 5. The predicted octanol–water partition coefficient (Wildman–Crippen LogP) is 1.14. The molecular weight excluding hydrogens is 290 g/mol. The quantitative estimate of drug-likeness (QED) is 0.855. The first-order chi connectivity index (χ1) is 9.29. The molecule has 0 radical (unpaired) electrons. The molecule has 0 atom stereocenters. The Balaban J connectivity index is 2.20. The number of carbonyl (C=O) groups is 1. The van der Waals surface area contributed by atoms with Crippen molar-refractivity contribution in [2.45, 2.75) is 24.2 Å². The first-order valence-electron chi connectivity index (χ1n) is 6.09. The van der Waals surface area contributed by atoms with E-state index in [-0.39, 0.29) is 0 Å². The standard InChI is InChI=1S/C12H14F2N2O3S/c13-10-6-8(20(15,18)19)5-9(11(10)14)12(17)16-4-3-7-1-2-7/h5-7H,1-4H2,(H,16,17)(H2,15,18,19). The third-order valence-corrected chi connectivity index (χ3v) is 4.00. The molecule has 1 aliphatic rings. The van der Waals surface area contributed by atoms with Crippen LogP contribution in [-0.4, -0.2) is 20.9 Å². The van der Waals surface area contributed by atoms with Gasteiger partial charge in [-0.1, -0.05) is 12.8 Å². The normalized spacial score (nSPS) is 15.2. The van der Waals surface area contributed by atoms with Crippen LogP contribution in [0, 0.1) is 17.6 Å². The fourth-order valence-corrected chi connectivity index (χ4v) is 2.34. The van der Waals surface area contributed by atoms with E-state index >= 15 is 0 Å². The molecule has 1 aromatic rings. The van der Waals surface area contributed by atoms with E-state index in [1.54, 1.807) is 0 Å². The number of nitrogens with one attached hydrogen (secondary N) is 1. The highest BCUT2D eigenvalue weighted by Crippen LogP contribution is 2.31. The summed E-state index contributed by atoms with van der Waals surface area (Å²) in [5, 5.41) is 7.28. The Kier molecular flexibility index (Phi) is 4.05. The number of hydrogen-bond donors (Lipinski definition) is 2. The number of halogens is 2. The summed E-state index contributed by atoms with van der Waals surface area (Å²) in [5.41, 5.74) is -0.662. The van der Waals surface area contributed by atoms with E-state index in [9.17, 15) is 22.0 Å². The van der Waals surface area contributed by atoms with Crippen LogP contribution in [0.2, 0.25) is 0 Å². The van der Waals surface area contributed by atoms with Gasteiger partial charge in [0.1, 0.15) is 0 Å². The minimum atomic E-state index is -4.21. The second-order valence-corrected chi connectivity index (χ2v) is 6.36. The molecule has 0 aliphatic heterocycles. The maximum atomic E-state index is 13.5. The highest BCUT2D eigenvalue weighted by atomic mass is 32.2. The van der Waals surface area contributed by atoms with Crippen LogP contribution in [0.4, 0.5) is 8.78 Å². The summed E-state index contributed by atoms with van der Waals surface area (Å²) in [7, 11) is -4.21. The van der Waals surface area contributed by atoms with Crippen LogP contribution in [0.5, 0.6) is 0 Å². The van der Waals surface area contributed by atoms with Crippen LogP contribution in [0.1, 0.15) is 29.6 Å². The van der Waals surface area contributed by atoms with Gasteiger partial charge in [0.05, 0.1) is 10.5 Å². The van der Waals surface area contributed by atoms with Crippen LogP contribution in [0.3, 0.4) is 0 Å². The summed E-state index contributed by atoms with van der Waals surface area (Å²) < 4.78 is 49.1. The average Bonchev–Trinajstić information content (AvgIpc) is 3.15. The Bertz CT molecular complexity index is 642. The molecule has 0 aromatic heterocycles. The molecule has 1 aromatic carbocycles. The van der Waals surface area contributed by atoms with Gasteiger partial charge in [-0.2, -0.15) is 0 Å². The lowest BCUT2D eigenvalue weighted by molar-refractivity contribution is 0.0947. The Morgan fingerprint density at radius 1 is 1.35 bits per heavy atom. The molecule has 20 heavy (non-hydrogen) atoms. The Hall–Kier alpha value is -1.54. The first-order valence-corrected chi connectivity index (χ1v) is 7.63. The van der Waals surface area contributed by atoms with Crippen LogP contribution < -0.4 is 10.5 Å². The molecule has 5 nitrogen and oxygen atoms in total. The third kappa shape index (κ3) is 3.51. The van der Waals surface area contributed by atoms with Crippen molar-refractivity contribution in [1.29, 1.82) is 0 Å². The molecule has 1 saturated carbocycles. The van der Waals surface area contributed by atoms with Crippen LogP contribution >= 0.6 is 0 Å². The minimum Gasteiger partial charge on any atom is -0.352 e. The van der Waals surface area contributed by atoms with Gasteiger partial charge in [0.2, 0.25) is 10.0 Å². The monoisotopic (exact) mass is 304 g/mol. The second-order valence-electron chi connectivity index (χ2n) is 4.80. The van der Waals surface area contributed by atoms with Crippen molar-refractivity contribution in [3.05, 3.63) is 29.3 Å². The van der Waals surface area contributed by atoms with Crippen molar-refractivity contribution in [2.75, 3.05) is 6.54 Å². The molecule has 0 unspecified atom stereocenters. The molecule has 1 fully saturated rings. The Morgan fingerprint density at radius 3 is 2.55 bits per heavy atom. The summed E-state index contributed by atoms with van der Waals surface area (Å²) in [6.45, 7) is 0.337. The lowest BCUT2D eigenvalue weighted by Gasteiger charge is -2.08. The second kappa shape index (κ2) is 5.45. The van der Waals surface area contributed by atoms with E-state index in [2.05, 4.69) is 5.32 Å². The van der Waals surface area contributed by atoms with E-state index in [4.69, 9.17) is 5.14 Å². The molecule has 0 spiro atoms. The molecule has 110 valence electrons. The zero-order valence-corrected chi connectivity index (χ0v) is 11.3. The molecular formula is C12H14F2N2O3S. The fraction of sp³-hybridized carbons (Fsp3) is 0.417. The maximum Gasteiger partial charge on any atom is 0.254 e. The summed E-state index contributed by atoms with van der Waals surface area (Å²) >= 11 is 0. The highest BCUT2D eigenvalue weighted by Gasteiger charge is 2.23. The lowest BCUT2D eigenvalue weighted by atomic mass is 10.2. The van der Waals surface area contributed by atoms with Gasteiger partial charge < -0.3 is 5.32 Å². The van der Waals surface area contributed by atoms with E-state index in [1.165, 1.54) is 0 Å². The number of hydrogen-bond acceptors (Lipinski definition) is 3. The van der Waals surface area contributed by atoms with Crippen molar-refractivity contribution in [3.63, 3.8) is 0 Å². The Morgan fingerprint density at radius 2 is 2.00 bits per heavy atom. The zero-order chi connectivity index (χ0) is 14.9. The molecule has 3 N–H and O–H groups in total. The number of nitrogens with two attached hydrogens (primary N) is 1. The SMILES string of the molecule is NS(=O)(=O)c1cc(F)c(F)c(C(=O)NCCC2CC2)c1. The van der Waals surface area contributed by atoms with Crippen molar-refractivity contribution in [2.24, 2.45) is 11.1 Å². The molecule has 1 aliphatic carbocycles. The zero-order valence-electron chi connectivity index (χ0n) is 10.5. The lowest BCUT2D eigenvalue weighted by Crippen LogP contribution is -2.26. The average molecular weight is 304 g/mol. The molecule has 0 heterocycles. The van der Waals surface area contributed by atoms with E-state index < -0.39 is 38.0 Å². The van der Waals surface area contributed by atoms with Gasteiger partial charge in [0, 0.05) is 6.54 Å². The molecule has 1 amide bonds. The predicted molar refractivity (Wildman–Crippen MR) is 67.4 cm³/mol. The fourth-order valence-electron chi connectivity index (χ4n) is 1.79. The van der Waals surface area contributed by atoms with Crippen molar-refractivity contribution in [3.8, 4) is 0 Å². The Labute approximate surface area is 115 Å².